The molecular weight excluding hydrogens is 264 g/mol. The van der Waals surface area contributed by atoms with E-state index in [9.17, 15) is 4.79 Å². The van der Waals surface area contributed by atoms with Crippen molar-refractivity contribution in [2.45, 2.75) is 38.6 Å². The molecule has 0 aliphatic carbocycles. The number of rotatable bonds is 6. The van der Waals surface area contributed by atoms with Gasteiger partial charge in [0, 0.05) is 12.5 Å². The molecule has 0 aromatic heterocycles. The van der Waals surface area contributed by atoms with Crippen molar-refractivity contribution < 1.29 is 9.53 Å². The fourth-order valence-corrected chi connectivity index (χ4v) is 2.93. The third-order valence-electron chi connectivity index (χ3n) is 4.06. The highest BCUT2D eigenvalue weighted by Gasteiger charge is 2.18. The molecule has 0 radical (unpaired) electrons. The van der Waals surface area contributed by atoms with Gasteiger partial charge in [0.05, 0.1) is 7.11 Å². The zero-order chi connectivity index (χ0) is 15.1. The maximum Gasteiger partial charge on any atom is 0.220 e. The first-order chi connectivity index (χ1) is 10.2. The van der Waals surface area contributed by atoms with Gasteiger partial charge in [-0.15, -0.1) is 0 Å². The number of piperidine rings is 1. The molecule has 0 saturated carbocycles. The third-order valence-corrected chi connectivity index (χ3v) is 4.06. The first-order valence-electron chi connectivity index (χ1n) is 7.81. The van der Waals surface area contributed by atoms with Crippen LogP contribution in [0.2, 0.25) is 0 Å². The van der Waals surface area contributed by atoms with Gasteiger partial charge >= 0.3 is 0 Å². The molecule has 0 bridgehead atoms. The monoisotopic (exact) mass is 290 g/mol. The predicted octanol–water partition coefficient (Wildman–Crippen LogP) is 2.13. The molecule has 21 heavy (non-hydrogen) atoms. The Morgan fingerprint density at radius 1 is 1.38 bits per heavy atom. The molecule has 4 nitrogen and oxygen atoms in total. The van der Waals surface area contributed by atoms with E-state index in [4.69, 9.17) is 4.74 Å². The normalized spacial score (nSPS) is 17.2. The average Bonchev–Trinajstić information content (AvgIpc) is 2.48. The van der Waals surface area contributed by atoms with Crippen molar-refractivity contribution in [1.82, 2.24) is 10.6 Å². The molecule has 116 valence electrons. The topological polar surface area (TPSA) is 50.4 Å². The molecule has 4 heteroatoms. The lowest BCUT2D eigenvalue weighted by atomic mass is 9.94. The Morgan fingerprint density at radius 3 is 2.81 bits per heavy atom. The van der Waals surface area contributed by atoms with Crippen molar-refractivity contribution >= 4 is 5.91 Å². The lowest BCUT2D eigenvalue weighted by Crippen LogP contribution is -2.37. The lowest BCUT2D eigenvalue weighted by Gasteiger charge is -2.23. The quantitative estimate of drug-likeness (QED) is 0.844. The van der Waals surface area contributed by atoms with Crippen LogP contribution in [0.1, 0.15) is 31.7 Å². The van der Waals surface area contributed by atoms with Crippen LogP contribution in [-0.2, 0) is 11.2 Å². The van der Waals surface area contributed by atoms with Gasteiger partial charge in [0.1, 0.15) is 5.75 Å². The molecule has 1 fully saturated rings. The molecule has 1 aliphatic heterocycles. The Morgan fingerprint density at radius 2 is 2.10 bits per heavy atom. The van der Waals surface area contributed by atoms with E-state index in [1.165, 1.54) is 0 Å². The summed E-state index contributed by atoms with van der Waals surface area (Å²) in [5.74, 6) is 1.59. The van der Waals surface area contributed by atoms with Crippen LogP contribution in [0.3, 0.4) is 0 Å². The highest BCUT2D eigenvalue weighted by molar-refractivity contribution is 5.76. The summed E-state index contributed by atoms with van der Waals surface area (Å²) in [5, 5.41) is 6.44. The van der Waals surface area contributed by atoms with Crippen LogP contribution in [0, 0.1) is 5.92 Å². The number of hydrogen-bond donors (Lipinski definition) is 2. The van der Waals surface area contributed by atoms with Gasteiger partial charge in [-0.1, -0.05) is 18.2 Å². The molecule has 1 heterocycles. The van der Waals surface area contributed by atoms with E-state index in [-0.39, 0.29) is 11.9 Å². The number of ether oxygens (including phenoxy) is 1. The predicted molar refractivity (Wildman–Crippen MR) is 84.5 cm³/mol. The minimum atomic E-state index is 0.121. The highest BCUT2D eigenvalue weighted by Crippen LogP contribution is 2.19. The van der Waals surface area contributed by atoms with Crippen molar-refractivity contribution in [2.75, 3.05) is 20.2 Å². The van der Waals surface area contributed by atoms with E-state index in [2.05, 4.69) is 10.6 Å². The smallest absolute Gasteiger partial charge is 0.220 e. The molecule has 2 rings (SSSR count). The molecule has 1 aromatic rings. The van der Waals surface area contributed by atoms with Gasteiger partial charge in [0.15, 0.2) is 0 Å². The number of para-hydroxylation sites is 1. The van der Waals surface area contributed by atoms with Crippen LogP contribution in [0.5, 0.6) is 5.75 Å². The van der Waals surface area contributed by atoms with Gasteiger partial charge in [-0.05, 0) is 56.8 Å². The highest BCUT2D eigenvalue weighted by atomic mass is 16.5. The van der Waals surface area contributed by atoms with Gasteiger partial charge in [-0.2, -0.15) is 0 Å². The maximum atomic E-state index is 12.1. The van der Waals surface area contributed by atoms with Crippen molar-refractivity contribution in [3.05, 3.63) is 29.8 Å². The standard InChI is InChI=1S/C17H26N2O2/c1-13(11-15-5-3-4-6-16(15)21-2)19-17(20)12-14-7-9-18-10-8-14/h3-6,13-14,18H,7-12H2,1-2H3,(H,19,20). The summed E-state index contributed by atoms with van der Waals surface area (Å²) in [6, 6.07) is 8.09. The average molecular weight is 290 g/mol. The molecule has 2 N–H and O–H groups in total. The van der Waals surface area contributed by atoms with Crippen LogP contribution in [0.4, 0.5) is 0 Å². The zero-order valence-corrected chi connectivity index (χ0v) is 13.0. The summed E-state index contributed by atoms with van der Waals surface area (Å²) in [6.45, 7) is 4.12. The second-order valence-corrected chi connectivity index (χ2v) is 5.88. The summed E-state index contributed by atoms with van der Waals surface area (Å²) < 4.78 is 5.35. The molecule has 1 unspecified atom stereocenters. The second kappa shape index (κ2) is 8.03. The Balaban J connectivity index is 1.80. The van der Waals surface area contributed by atoms with Gasteiger partial charge in [0.2, 0.25) is 5.91 Å². The third kappa shape index (κ3) is 5.05. The van der Waals surface area contributed by atoms with E-state index in [1.54, 1.807) is 7.11 Å². The number of amides is 1. The van der Waals surface area contributed by atoms with Crippen LogP contribution >= 0.6 is 0 Å². The number of nitrogens with one attached hydrogen (secondary N) is 2. The van der Waals surface area contributed by atoms with E-state index < -0.39 is 0 Å². The first-order valence-corrected chi connectivity index (χ1v) is 7.81. The van der Waals surface area contributed by atoms with Gasteiger partial charge in [0.25, 0.3) is 0 Å². The Hall–Kier alpha value is -1.55. The molecule has 0 spiro atoms. The van der Waals surface area contributed by atoms with Crippen LogP contribution < -0.4 is 15.4 Å². The SMILES string of the molecule is COc1ccccc1CC(C)NC(=O)CC1CCNCC1. The molecule has 1 amide bonds. The Kier molecular flexibility index (Phi) is 6.05. The summed E-state index contributed by atoms with van der Waals surface area (Å²) in [6.07, 6.45) is 3.66. The van der Waals surface area contributed by atoms with E-state index in [0.717, 1.165) is 43.7 Å². The Labute approximate surface area is 127 Å². The largest absolute Gasteiger partial charge is 0.496 e. The van der Waals surface area contributed by atoms with Crippen molar-refractivity contribution in [2.24, 2.45) is 5.92 Å². The minimum absolute atomic E-state index is 0.121. The van der Waals surface area contributed by atoms with Crippen molar-refractivity contribution in [1.29, 1.82) is 0 Å². The number of carbonyl (C=O) groups excluding carboxylic acids is 1. The van der Waals surface area contributed by atoms with Crippen molar-refractivity contribution in [3.8, 4) is 5.75 Å². The maximum absolute atomic E-state index is 12.1. The molecule has 1 aromatic carbocycles. The Bertz CT molecular complexity index is 456. The van der Waals surface area contributed by atoms with Gasteiger partial charge < -0.3 is 15.4 Å². The summed E-state index contributed by atoms with van der Waals surface area (Å²) >= 11 is 0. The number of carbonyl (C=O) groups is 1. The van der Waals surface area contributed by atoms with Crippen molar-refractivity contribution in [3.63, 3.8) is 0 Å². The minimum Gasteiger partial charge on any atom is -0.496 e. The van der Waals surface area contributed by atoms with E-state index in [0.29, 0.717) is 12.3 Å². The summed E-state index contributed by atoms with van der Waals surface area (Å²) in [5.41, 5.74) is 1.13. The number of benzene rings is 1. The van der Waals surface area contributed by atoms with Crippen LogP contribution in [0.15, 0.2) is 24.3 Å². The fourth-order valence-electron chi connectivity index (χ4n) is 2.93. The summed E-state index contributed by atoms with van der Waals surface area (Å²) in [4.78, 5) is 12.1. The van der Waals surface area contributed by atoms with Gasteiger partial charge in [-0.3, -0.25) is 4.79 Å². The molecule has 1 saturated heterocycles. The van der Waals surface area contributed by atoms with Crippen LogP contribution in [-0.4, -0.2) is 32.1 Å². The summed E-state index contributed by atoms with van der Waals surface area (Å²) in [7, 11) is 1.68. The zero-order valence-electron chi connectivity index (χ0n) is 13.0. The molecule has 1 atom stereocenters. The van der Waals surface area contributed by atoms with E-state index in [1.807, 2.05) is 31.2 Å². The van der Waals surface area contributed by atoms with Crippen LogP contribution in [0.25, 0.3) is 0 Å². The number of hydrogen-bond acceptors (Lipinski definition) is 3. The molecular formula is C17H26N2O2. The van der Waals surface area contributed by atoms with E-state index >= 15 is 0 Å². The van der Waals surface area contributed by atoms with Gasteiger partial charge in [-0.25, -0.2) is 0 Å². The fraction of sp³-hybridized carbons (Fsp3) is 0.588. The lowest BCUT2D eigenvalue weighted by molar-refractivity contribution is -0.122. The second-order valence-electron chi connectivity index (χ2n) is 5.88. The number of methoxy groups -OCH3 is 1. The molecule has 1 aliphatic rings. The first kappa shape index (κ1) is 15.8.